The van der Waals surface area contributed by atoms with Crippen LogP contribution < -0.4 is 9.47 Å². The predicted octanol–water partition coefficient (Wildman–Crippen LogP) is 4.32. The fraction of sp³-hybridized carbons (Fsp3) is 0.286. The van der Waals surface area contributed by atoms with E-state index in [2.05, 4.69) is 0 Å². The Hall–Kier alpha value is -2.96. The van der Waals surface area contributed by atoms with E-state index in [1.54, 1.807) is 31.2 Å². The van der Waals surface area contributed by atoms with E-state index in [1.165, 1.54) is 29.2 Å². The topological polar surface area (TPSA) is 38.8 Å². The molecule has 1 heterocycles. The number of para-hydroxylation sites is 2. The average molecular weight is 391 g/mol. The van der Waals surface area contributed by atoms with Crippen LogP contribution in [0.3, 0.4) is 0 Å². The molecule has 0 aliphatic carbocycles. The van der Waals surface area contributed by atoms with Gasteiger partial charge in [-0.1, -0.05) is 42.5 Å². The second kappa shape index (κ2) is 8.37. The van der Waals surface area contributed by atoms with E-state index < -0.39 is 23.8 Å². The van der Waals surface area contributed by atoms with Crippen molar-refractivity contribution >= 4 is 11.5 Å². The van der Waals surface area contributed by atoms with Crippen LogP contribution in [0.5, 0.6) is 11.5 Å². The Labute approximate surface area is 161 Å². The number of rotatable bonds is 5. The summed E-state index contributed by atoms with van der Waals surface area (Å²) in [6.07, 6.45) is -4.45. The lowest BCUT2D eigenvalue weighted by Gasteiger charge is -2.30. The molecule has 2 aromatic carbocycles. The van der Waals surface area contributed by atoms with E-state index in [4.69, 9.17) is 9.47 Å². The van der Waals surface area contributed by atoms with Gasteiger partial charge in [0.1, 0.15) is 6.61 Å². The van der Waals surface area contributed by atoms with Crippen LogP contribution >= 0.6 is 0 Å². The summed E-state index contributed by atoms with van der Waals surface area (Å²) >= 11 is 0. The summed E-state index contributed by atoms with van der Waals surface area (Å²) < 4.78 is 51.8. The number of allylic oxidation sites excluding steroid dienone is 1. The molecule has 0 spiro atoms. The van der Waals surface area contributed by atoms with Gasteiger partial charge in [-0.25, -0.2) is 0 Å². The monoisotopic (exact) mass is 391 g/mol. The third-order valence-electron chi connectivity index (χ3n) is 4.34. The molecule has 0 N–H and O–H groups in total. The number of nitrogens with zero attached hydrogens (tertiary/aromatic N) is 1. The van der Waals surface area contributed by atoms with Crippen molar-refractivity contribution in [2.75, 3.05) is 19.7 Å². The molecule has 0 fully saturated rings. The molecule has 0 bridgehead atoms. The first-order valence-corrected chi connectivity index (χ1v) is 8.90. The van der Waals surface area contributed by atoms with Crippen molar-refractivity contribution in [2.24, 2.45) is 0 Å². The van der Waals surface area contributed by atoms with Gasteiger partial charge in [-0.3, -0.25) is 4.79 Å². The predicted molar refractivity (Wildman–Crippen MR) is 99.1 cm³/mol. The van der Waals surface area contributed by atoms with Crippen LogP contribution in [0.4, 0.5) is 13.2 Å². The van der Waals surface area contributed by atoms with Crippen LogP contribution in [0.2, 0.25) is 0 Å². The molecule has 1 atom stereocenters. The molecule has 4 nitrogen and oxygen atoms in total. The molecule has 0 aromatic heterocycles. The van der Waals surface area contributed by atoms with Gasteiger partial charge < -0.3 is 14.4 Å². The van der Waals surface area contributed by atoms with Gasteiger partial charge in [0.2, 0.25) is 5.91 Å². The van der Waals surface area contributed by atoms with Gasteiger partial charge in [0, 0.05) is 12.6 Å². The molecule has 1 amide bonds. The molecule has 28 heavy (non-hydrogen) atoms. The van der Waals surface area contributed by atoms with E-state index in [0.29, 0.717) is 17.6 Å². The van der Waals surface area contributed by atoms with Gasteiger partial charge in [0.05, 0.1) is 12.1 Å². The molecule has 0 saturated carbocycles. The maximum absolute atomic E-state index is 13.5. The second-order valence-corrected chi connectivity index (χ2v) is 6.30. The summed E-state index contributed by atoms with van der Waals surface area (Å²) in [5.41, 5.74) is -1.02. The van der Waals surface area contributed by atoms with Gasteiger partial charge in [-0.15, -0.1) is 0 Å². The van der Waals surface area contributed by atoms with Crippen molar-refractivity contribution < 1.29 is 27.4 Å². The third kappa shape index (κ3) is 4.65. The first-order valence-electron chi connectivity index (χ1n) is 8.90. The number of likely N-dealkylation sites (N-methyl/N-ethyl adjacent to an activating group) is 1. The second-order valence-electron chi connectivity index (χ2n) is 6.30. The van der Waals surface area contributed by atoms with Crippen LogP contribution in [0.15, 0.2) is 60.7 Å². The molecule has 7 heteroatoms. The molecular weight excluding hydrogens is 371 g/mol. The number of ether oxygens (including phenoxy) is 2. The molecule has 0 radical (unpaired) electrons. The number of amides is 1. The summed E-state index contributed by atoms with van der Waals surface area (Å²) in [4.78, 5) is 13.9. The highest BCUT2D eigenvalue weighted by atomic mass is 19.4. The highest BCUT2D eigenvalue weighted by Crippen LogP contribution is 2.34. The molecule has 2 aromatic rings. The van der Waals surface area contributed by atoms with Crippen LogP contribution in [-0.4, -0.2) is 42.8 Å². The molecule has 148 valence electrons. The van der Waals surface area contributed by atoms with E-state index in [-0.39, 0.29) is 25.3 Å². The smallest absolute Gasteiger partial charge is 0.417 e. The number of hydrogen-bond acceptors (Lipinski definition) is 3. The largest absolute Gasteiger partial charge is 0.486 e. The van der Waals surface area contributed by atoms with Gasteiger partial charge in [-0.05, 0) is 24.6 Å². The Bertz CT molecular complexity index is 849. The lowest BCUT2D eigenvalue weighted by atomic mass is 10.0. The molecule has 1 aliphatic heterocycles. The first-order chi connectivity index (χ1) is 13.4. The minimum Gasteiger partial charge on any atom is -0.486 e. The zero-order valence-corrected chi connectivity index (χ0v) is 15.3. The van der Waals surface area contributed by atoms with Crippen LogP contribution in [-0.2, 0) is 4.79 Å². The maximum Gasteiger partial charge on any atom is 0.417 e. The fourth-order valence-electron chi connectivity index (χ4n) is 2.94. The third-order valence-corrected chi connectivity index (χ3v) is 4.34. The number of fused-ring (bicyclic) bond motifs is 1. The highest BCUT2D eigenvalue weighted by Gasteiger charge is 2.36. The summed E-state index contributed by atoms with van der Waals surface area (Å²) in [7, 11) is 0. The van der Waals surface area contributed by atoms with Gasteiger partial charge in [0.15, 0.2) is 17.6 Å². The summed E-state index contributed by atoms with van der Waals surface area (Å²) in [5, 5.41) is 0. The maximum atomic E-state index is 13.5. The van der Waals surface area contributed by atoms with Crippen LogP contribution in [0.25, 0.3) is 5.57 Å². The summed E-state index contributed by atoms with van der Waals surface area (Å²) in [5.74, 6) is 0.440. The van der Waals surface area contributed by atoms with E-state index >= 15 is 0 Å². The van der Waals surface area contributed by atoms with Crippen molar-refractivity contribution in [3.8, 4) is 11.5 Å². The first kappa shape index (κ1) is 19.8. The summed E-state index contributed by atoms with van der Waals surface area (Å²) in [6.45, 7) is 2.30. The van der Waals surface area contributed by atoms with Crippen molar-refractivity contribution in [3.63, 3.8) is 0 Å². The van der Waals surface area contributed by atoms with Gasteiger partial charge in [-0.2, -0.15) is 13.2 Å². The quantitative estimate of drug-likeness (QED) is 0.713. The lowest BCUT2D eigenvalue weighted by molar-refractivity contribution is -0.127. The van der Waals surface area contributed by atoms with Gasteiger partial charge in [0.25, 0.3) is 0 Å². The number of carbonyl (C=O) groups excluding carboxylic acids is 1. The Kier molecular flexibility index (Phi) is 5.92. The zero-order chi connectivity index (χ0) is 20.1. The lowest BCUT2D eigenvalue weighted by Crippen LogP contribution is -2.43. The molecule has 0 saturated heterocycles. The standard InChI is InChI=1S/C21H20F3NO3/c1-2-25(13-16-14-27-18-10-6-7-11-19(18)28-16)20(26)12-17(21(22,23)24)15-8-4-3-5-9-15/h3-12,16H,2,13-14H2,1H3/b17-12-. The van der Waals surface area contributed by atoms with Crippen molar-refractivity contribution in [1.29, 1.82) is 0 Å². The zero-order valence-electron chi connectivity index (χ0n) is 15.3. The Morgan fingerprint density at radius 1 is 1.11 bits per heavy atom. The van der Waals surface area contributed by atoms with Crippen molar-refractivity contribution in [3.05, 3.63) is 66.2 Å². The SMILES string of the molecule is CCN(CC1COc2ccccc2O1)C(=O)/C=C(/c1ccccc1)C(F)(F)F. The molecule has 1 unspecified atom stereocenters. The average Bonchev–Trinajstić information content (AvgIpc) is 2.69. The van der Waals surface area contributed by atoms with E-state index in [1.807, 2.05) is 6.07 Å². The minimum absolute atomic E-state index is 0.0504. The minimum atomic E-state index is -4.64. The van der Waals surface area contributed by atoms with E-state index in [9.17, 15) is 18.0 Å². The normalized spacial score (nSPS) is 16.6. The number of halogens is 3. The van der Waals surface area contributed by atoms with Crippen LogP contribution in [0, 0.1) is 0 Å². The number of benzene rings is 2. The Balaban J connectivity index is 1.76. The number of hydrogen-bond donors (Lipinski definition) is 0. The fourth-order valence-corrected chi connectivity index (χ4v) is 2.94. The Morgan fingerprint density at radius 3 is 2.39 bits per heavy atom. The van der Waals surface area contributed by atoms with E-state index in [0.717, 1.165) is 0 Å². The van der Waals surface area contributed by atoms with Crippen molar-refractivity contribution in [2.45, 2.75) is 19.2 Å². The molecular formula is C21H20F3NO3. The highest BCUT2D eigenvalue weighted by molar-refractivity contribution is 5.96. The number of alkyl halides is 3. The van der Waals surface area contributed by atoms with Gasteiger partial charge >= 0.3 is 6.18 Å². The van der Waals surface area contributed by atoms with Crippen LogP contribution in [0.1, 0.15) is 12.5 Å². The van der Waals surface area contributed by atoms with Crippen molar-refractivity contribution in [1.82, 2.24) is 4.90 Å². The molecule has 3 rings (SSSR count). The Morgan fingerprint density at radius 2 is 1.75 bits per heavy atom. The summed E-state index contributed by atoms with van der Waals surface area (Å²) in [6, 6.07) is 14.4. The number of carbonyl (C=O) groups is 1. The molecule has 1 aliphatic rings.